The molecule has 0 aliphatic carbocycles. The minimum absolute atomic E-state index is 0.198. The minimum atomic E-state index is -1.21. The summed E-state index contributed by atoms with van der Waals surface area (Å²) in [5, 5.41) is 18.5. The molecule has 0 unspecified atom stereocenters. The zero-order valence-electron chi connectivity index (χ0n) is 5.83. The van der Waals surface area contributed by atoms with Crippen molar-refractivity contribution >= 4 is 11.9 Å². The lowest BCUT2D eigenvalue weighted by molar-refractivity contribution is -0.134. The summed E-state index contributed by atoms with van der Waals surface area (Å²) in [5.74, 6) is -1.77. The monoisotopic (exact) mass is 159 g/mol. The SMILES string of the molecule is C=C(CC(=O)NCO)C(=O)O. The number of aliphatic hydroxyl groups is 1. The molecule has 0 fully saturated rings. The van der Waals surface area contributed by atoms with E-state index >= 15 is 0 Å². The van der Waals surface area contributed by atoms with Gasteiger partial charge in [-0.1, -0.05) is 6.58 Å². The first-order valence-corrected chi connectivity index (χ1v) is 2.86. The zero-order valence-corrected chi connectivity index (χ0v) is 5.83. The van der Waals surface area contributed by atoms with E-state index < -0.39 is 18.6 Å². The lowest BCUT2D eigenvalue weighted by Gasteiger charge is -1.99. The quantitative estimate of drug-likeness (QED) is 0.366. The number of carbonyl (C=O) groups excluding carboxylic acids is 1. The van der Waals surface area contributed by atoms with E-state index in [1.807, 2.05) is 5.32 Å². The number of carbonyl (C=O) groups is 2. The largest absolute Gasteiger partial charge is 0.478 e. The maximum absolute atomic E-state index is 10.6. The van der Waals surface area contributed by atoms with E-state index in [0.29, 0.717) is 0 Å². The summed E-state index contributed by atoms with van der Waals surface area (Å²) in [4.78, 5) is 20.7. The van der Waals surface area contributed by atoms with Gasteiger partial charge in [0, 0.05) is 5.57 Å². The van der Waals surface area contributed by atoms with Crippen molar-refractivity contribution in [3.63, 3.8) is 0 Å². The molecule has 3 N–H and O–H groups in total. The fourth-order valence-corrected chi connectivity index (χ4v) is 0.420. The molecule has 0 atom stereocenters. The first-order valence-electron chi connectivity index (χ1n) is 2.86. The molecule has 0 heterocycles. The van der Waals surface area contributed by atoms with Gasteiger partial charge in [-0.05, 0) is 0 Å². The molecule has 0 aliphatic rings. The van der Waals surface area contributed by atoms with Crippen LogP contribution in [0.3, 0.4) is 0 Å². The molecule has 0 saturated carbocycles. The Labute approximate surface area is 63.3 Å². The Balaban J connectivity index is 3.76. The molecule has 5 heteroatoms. The van der Waals surface area contributed by atoms with Crippen molar-refractivity contribution in [2.45, 2.75) is 6.42 Å². The highest BCUT2D eigenvalue weighted by atomic mass is 16.4. The molecule has 0 saturated heterocycles. The van der Waals surface area contributed by atoms with E-state index in [4.69, 9.17) is 10.2 Å². The summed E-state index contributed by atoms with van der Waals surface area (Å²) in [6.07, 6.45) is -0.296. The highest BCUT2D eigenvalue weighted by Gasteiger charge is 2.08. The van der Waals surface area contributed by atoms with Crippen molar-refractivity contribution < 1.29 is 19.8 Å². The molecule has 0 radical (unpaired) electrons. The molecule has 1 amide bonds. The average molecular weight is 159 g/mol. The van der Waals surface area contributed by atoms with Gasteiger partial charge in [-0.25, -0.2) is 4.79 Å². The van der Waals surface area contributed by atoms with Crippen LogP contribution >= 0.6 is 0 Å². The van der Waals surface area contributed by atoms with Crippen molar-refractivity contribution in [1.82, 2.24) is 5.32 Å². The Kier molecular flexibility index (Phi) is 3.90. The molecule has 62 valence electrons. The van der Waals surface area contributed by atoms with Crippen LogP contribution in [0.2, 0.25) is 0 Å². The average Bonchev–Trinajstić information content (AvgIpc) is 1.87. The number of hydrogen-bond acceptors (Lipinski definition) is 3. The zero-order chi connectivity index (χ0) is 8.85. The van der Waals surface area contributed by atoms with Crippen LogP contribution < -0.4 is 5.32 Å². The highest BCUT2D eigenvalue weighted by Crippen LogP contribution is 1.96. The number of aliphatic carboxylic acids is 1. The van der Waals surface area contributed by atoms with E-state index in [9.17, 15) is 9.59 Å². The van der Waals surface area contributed by atoms with Gasteiger partial charge in [0.2, 0.25) is 5.91 Å². The molecule has 5 nitrogen and oxygen atoms in total. The van der Waals surface area contributed by atoms with Crippen molar-refractivity contribution in [1.29, 1.82) is 0 Å². The van der Waals surface area contributed by atoms with Gasteiger partial charge >= 0.3 is 5.97 Å². The van der Waals surface area contributed by atoms with Crippen LogP contribution in [0.5, 0.6) is 0 Å². The Morgan fingerprint density at radius 3 is 2.36 bits per heavy atom. The molecular formula is C6H9NO4. The summed E-state index contributed by atoms with van der Waals surface area (Å²) in [7, 11) is 0. The van der Waals surface area contributed by atoms with Crippen LogP contribution in [0, 0.1) is 0 Å². The number of amides is 1. The van der Waals surface area contributed by atoms with Gasteiger partial charge in [-0.2, -0.15) is 0 Å². The number of carboxylic acids is 1. The first-order chi connectivity index (χ1) is 5.07. The van der Waals surface area contributed by atoms with Gasteiger partial charge in [0.25, 0.3) is 0 Å². The number of carboxylic acid groups (broad SMARTS) is 1. The Morgan fingerprint density at radius 2 is 2.00 bits per heavy atom. The predicted molar refractivity (Wildman–Crippen MR) is 36.6 cm³/mol. The minimum Gasteiger partial charge on any atom is -0.478 e. The Hall–Kier alpha value is -1.36. The fraction of sp³-hybridized carbons (Fsp3) is 0.333. The summed E-state index contributed by atoms with van der Waals surface area (Å²) in [6.45, 7) is 2.64. The second-order valence-electron chi connectivity index (χ2n) is 1.84. The third-order valence-corrected chi connectivity index (χ3v) is 0.953. The fourth-order valence-electron chi connectivity index (χ4n) is 0.420. The standard InChI is InChI=1S/C6H9NO4/c1-4(6(10)11)2-5(9)7-3-8/h8H,1-3H2,(H,7,9)(H,10,11). The molecule has 0 aromatic heterocycles. The van der Waals surface area contributed by atoms with Gasteiger partial charge in [0.1, 0.15) is 6.73 Å². The van der Waals surface area contributed by atoms with Crippen LogP contribution in [0.25, 0.3) is 0 Å². The van der Waals surface area contributed by atoms with E-state index in [-0.39, 0.29) is 12.0 Å². The smallest absolute Gasteiger partial charge is 0.331 e. The second-order valence-corrected chi connectivity index (χ2v) is 1.84. The van der Waals surface area contributed by atoms with Crippen LogP contribution in [-0.4, -0.2) is 28.8 Å². The normalized spacial score (nSPS) is 8.82. The van der Waals surface area contributed by atoms with Crippen LogP contribution in [0.4, 0.5) is 0 Å². The Morgan fingerprint density at radius 1 is 1.45 bits per heavy atom. The lowest BCUT2D eigenvalue weighted by Crippen LogP contribution is -2.25. The molecule has 0 spiro atoms. The maximum atomic E-state index is 10.6. The van der Waals surface area contributed by atoms with E-state index in [1.54, 1.807) is 0 Å². The summed E-state index contributed by atoms with van der Waals surface area (Å²) in [6, 6.07) is 0. The van der Waals surface area contributed by atoms with Crippen molar-refractivity contribution in [3.05, 3.63) is 12.2 Å². The first kappa shape index (κ1) is 9.64. The topological polar surface area (TPSA) is 86.6 Å². The molecular weight excluding hydrogens is 150 g/mol. The second kappa shape index (κ2) is 4.45. The molecule has 0 aromatic rings. The lowest BCUT2D eigenvalue weighted by atomic mass is 10.2. The van der Waals surface area contributed by atoms with Crippen LogP contribution in [-0.2, 0) is 9.59 Å². The number of nitrogens with one attached hydrogen (secondary N) is 1. The Bertz CT molecular complexity index is 187. The summed E-state index contributed by atoms with van der Waals surface area (Å²) < 4.78 is 0. The molecule has 0 rings (SSSR count). The molecule has 0 aromatic carbocycles. The van der Waals surface area contributed by atoms with Gasteiger partial charge in [0.15, 0.2) is 0 Å². The van der Waals surface area contributed by atoms with Crippen LogP contribution in [0.1, 0.15) is 6.42 Å². The van der Waals surface area contributed by atoms with Crippen molar-refractivity contribution in [2.75, 3.05) is 6.73 Å². The van der Waals surface area contributed by atoms with Crippen LogP contribution in [0.15, 0.2) is 12.2 Å². The van der Waals surface area contributed by atoms with E-state index in [2.05, 4.69) is 6.58 Å². The number of aliphatic hydroxyl groups excluding tert-OH is 1. The maximum Gasteiger partial charge on any atom is 0.331 e. The van der Waals surface area contributed by atoms with Crippen molar-refractivity contribution in [2.24, 2.45) is 0 Å². The van der Waals surface area contributed by atoms with Gasteiger partial charge in [0.05, 0.1) is 6.42 Å². The number of rotatable bonds is 4. The van der Waals surface area contributed by atoms with E-state index in [0.717, 1.165) is 0 Å². The third-order valence-electron chi connectivity index (χ3n) is 0.953. The molecule has 0 aliphatic heterocycles. The molecule has 11 heavy (non-hydrogen) atoms. The van der Waals surface area contributed by atoms with Gasteiger partial charge in [-0.3, -0.25) is 4.79 Å². The highest BCUT2D eigenvalue weighted by molar-refractivity contribution is 5.93. The van der Waals surface area contributed by atoms with Gasteiger partial charge < -0.3 is 15.5 Å². The summed E-state index contributed by atoms with van der Waals surface area (Å²) >= 11 is 0. The summed E-state index contributed by atoms with van der Waals surface area (Å²) in [5.41, 5.74) is -0.198. The predicted octanol–water partition coefficient (Wildman–Crippen LogP) is -0.917. The molecule has 0 bridgehead atoms. The third kappa shape index (κ3) is 4.10. The van der Waals surface area contributed by atoms with Crippen molar-refractivity contribution in [3.8, 4) is 0 Å². The van der Waals surface area contributed by atoms with Gasteiger partial charge in [-0.15, -0.1) is 0 Å². The van der Waals surface area contributed by atoms with E-state index in [1.165, 1.54) is 0 Å². The number of hydrogen-bond donors (Lipinski definition) is 3.